The number of phosphoric acid groups is 1. The van der Waals surface area contributed by atoms with Crippen LogP contribution in [0.2, 0.25) is 0 Å². The standard InChI is InChI=1S/C55H93O4P/c1-45(2)23-13-24-46(3)25-14-26-47(4)27-15-28-48(5)29-16-30-49(6)31-17-32-50(7)33-18-34-51(8)35-19-36-52(9)37-20-38-53(10)39-21-40-54(11)41-22-42-55(12)43-44-59-60(56,57)58/h23,25,27,29,31,33,35,37,39,41,55H,13-22,24,26,28,30,32,34,36,38,40,42-44H2,1-12H3,(H2,56,57,58)/p-2/b46-25+,47-27+,48-29-,49-31-,50-33-,51-35-,52-37-,53-39-,54-41-. The van der Waals surface area contributed by atoms with Crippen LogP contribution in [0.25, 0.3) is 0 Å². The molecular formula is C55H91O4P-2. The zero-order chi connectivity index (χ0) is 45.2. The highest BCUT2D eigenvalue weighted by molar-refractivity contribution is 7.43. The summed E-state index contributed by atoms with van der Waals surface area (Å²) < 4.78 is 14.9. The summed E-state index contributed by atoms with van der Waals surface area (Å²) in [6.07, 6.45) is 47.1. The molecule has 1 unspecified atom stereocenters. The summed E-state index contributed by atoms with van der Waals surface area (Å²) >= 11 is 0. The van der Waals surface area contributed by atoms with Crippen LogP contribution in [0, 0.1) is 5.92 Å². The van der Waals surface area contributed by atoms with Crippen molar-refractivity contribution < 1.29 is 18.9 Å². The fourth-order valence-corrected chi connectivity index (χ4v) is 7.33. The molecule has 0 spiro atoms. The van der Waals surface area contributed by atoms with E-state index in [1.807, 2.05) is 0 Å². The van der Waals surface area contributed by atoms with Gasteiger partial charge in [-0.2, -0.15) is 0 Å². The Bertz CT molecular complexity index is 1540. The molecule has 0 aliphatic heterocycles. The predicted molar refractivity (Wildman–Crippen MR) is 263 cm³/mol. The minimum Gasteiger partial charge on any atom is -0.790 e. The van der Waals surface area contributed by atoms with Crippen LogP contribution in [-0.2, 0) is 9.09 Å². The van der Waals surface area contributed by atoms with E-state index in [4.69, 9.17) is 0 Å². The SMILES string of the molecule is CC(C)=CCC/C(C)=C/CC/C(C)=C/CC/C(C)=C\CC/C(C)=C\CC/C(C)=C\CC/C(C)=C\CC/C(C)=C\CC/C(C)=C\CC/C(C)=C\CCC(C)CCOP(=O)([O-])[O-]. The van der Waals surface area contributed by atoms with Crippen LogP contribution in [0.15, 0.2) is 116 Å². The van der Waals surface area contributed by atoms with Gasteiger partial charge in [-0.15, -0.1) is 0 Å². The van der Waals surface area contributed by atoms with Crippen molar-refractivity contribution in [1.29, 1.82) is 0 Å². The van der Waals surface area contributed by atoms with Crippen LogP contribution < -0.4 is 9.79 Å². The smallest absolute Gasteiger partial charge is 0.0596 e. The van der Waals surface area contributed by atoms with Gasteiger partial charge in [0.05, 0.1) is 14.4 Å². The Labute approximate surface area is 372 Å². The molecule has 0 amide bonds. The Morgan fingerprint density at radius 1 is 0.383 bits per heavy atom. The fourth-order valence-electron chi connectivity index (χ4n) is 7.00. The van der Waals surface area contributed by atoms with Gasteiger partial charge in [0.25, 0.3) is 0 Å². The summed E-state index contributed by atoms with van der Waals surface area (Å²) in [5.74, 6) is 0.321. The summed E-state index contributed by atoms with van der Waals surface area (Å²) in [6, 6.07) is 0. The van der Waals surface area contributed by atoms with Crippen molar-refractivity contribution in [3.8, 4) is 0 Å². The van der Waals surface area contributed by atoms with Crippen LogP contribution in [0.4, 0.5) is 0 Å². The molecule has 0 radical (unpaired) electrons. The second kappa shape index (κ2) is 36.0. The summed E-state index contributed by atoms with van der Waals surface area (Å²) in [7, 11) is -4.85. The summed E-state index contributed by atoms with van der Waals surface area (Å²) in [4.78, 5) is 21.2. The van der Waals surface area contributed by atoms with Crippen molar-refractivity contribution in [2.24, 2.45) is 5.92 Å². The average molecular weight is 847 g/mol. The van der Waals surface area contributed by atoms with Crippen LogP contribution in [0.3, 0.4) is 0 Å². The lowest BCUT2D eigenvalue weighted by Gasteiger charge is -2.29. The molecule has 0 fully saturated rings. The van der Waals surface area contributed by atoms with Crippen LogP contribution in [0.1, 0.15) is 218 Å². The van der Waals surface area contributed by atoms with Gasteiger partial charge in [-0.05, 0) is 217 Å². The highest BCUT2D eigenvalue weighted by Gasteiger charge is 2.03. The predicted octanol–water partition coefficient (Wildman–Crippen LogP) is 17.1. The topological polar surface area (TPSA) is 72.4 Å². The van der Waals surface area contributed by atoms with Crippen molar-refractivity contribution in [3.63, 3.8) is 0 Å². The summed E-state index contributed by atoms with van der Waals surface area (Å²) in [5.41, 5.74) is 14.8. The molecule has 0 aliphatic carbocycles. The van der Waals surface area contributed by atoms with E-state index in [-0.39, 0.29) is 6.61 Å². The molecule has 0 bridgehead atoms. The van der Waals surface area contributed by atoms with E-state index in [0.717, 1.165) is 109 Å². The lowest BCUT2D eigenvalue weighted by Crippen LogP contribution is -2.17. The third-order valence-electron chi connectivity index (χ3n) is 11.4. The molecule has 0 heterocycles. The van der Waals surface area contributed by atoms with Crippen LogP contribution in [0.5, 0.6) is 0 Å². The van der Waals surface area contributed by atoms with Crippen molar-refractivity contribution in [3.05, 3.63) is 116 Å². The van der Waals surface area contributed by atoms with Gasteiger partial charge in [-0.1, -0.05) is 123 Å². The van der Waals surface area contributed by atoms with E-state index in [9.17, 15) is 14.4 Å². The lowest BCUT2D eigenvalue weighted by atomic mass is 10.0. The zero-order valence-corrected chi connectivity index (χ0v) is 41.9. The lowest BCUT2D eigenvalue weighted by molar-refractivity contribution is -0.341. The Balaban J connectivity index is 4.25. The van der Waals surface area contributed by atoms with Crippen LogP contribution in [-0.4, -0.2) is 6.61 Å². The van der Waals surface area contributed by atoms with Gasteiger partial charge in [-0.25, -0.2) is 0 Å². The number of phosphoric ester groups is 1. The molecule has 1 atom stereocenters. The van der Waals surface area contributed by atoms with Gasteiger partial charge in [0.1, 0.15) is 0 Å². The second-order valence-corrected chi connectivity index (χ2v) is 19.5. The third-order valence-corrected chi connectivity index (χ3v) is 11.9. The van der Waals surface area contributed by atoms with Gasteiger partial charge < -0.3 is 18.9 Å². The van der Waals surface area contributed by atoms with E-state index in [1.165, 1.54) is 75.0 Å². The number of hydrogen-bond donors (Lipinski definition) is 0. The molecule has 342 valence electrons. The van der Waals surface area contributed by atoms with Gasteiger partial charge in [0.2, 0.25) is 0 Å². The van der Waals surface area contributed by atoms with E-state index in [2.05, 4.69) is 148 Å². The Kier molecular flexibility index (Phi) is 34.5. The number of rotatable bonds is 34. The Morgan fingerprint density at radius 3 is 0.817 bits per heavy atom. The molecule has 5 heteroatoms. The maximum atomic E-state index is 10.6. The first kappa shape index (κ1) is 57.5. The quantitative estimate of drug-likeness (QED) is 0.0478. The van der Waals surface area contributed by atoms with Crippen molar-refractivity contribution in [2.45, 2.75) is 218 Å². The first-order valence-electron chi connectivity index (χ1n) is 23.6. The Hall–Kier alpha value is -2.49. The number of allylic oxidation sites excluding steroid dienone is 20. The highest BCUT2D eigenvalue weighted by atomic mass is 31.2. The van der Waals surface area contributed by atoms with Gasteiger partial charge in [0.15, 0.2) is 0 Å². The van der Waals surface area contributed by atoms with E-state index in [1.54, 1.807) is 0 Å². The monoisotopic (exact) mass is 847 g/mol. The maximum absolute atomic E-state index is 10.6. The second-order valence-electron chi connectivity index (χ2n) is 18.3. The fraction of sp³-hybridized carbons (Fsp3) is 0.636. The largest absolute Gasteiger partial charge is 0.790 e. The van der Waals surface area contributed by atoms with E-state index >= 15 is 0 Å². The first-order chi connectivity index (χ1) is 28.4. The minimum absolute atomic E-state index is 0.0179. The van der Waals surface area contributed by atoms with E-state index in [0.29, 0.717) is 12.3 Å². The molecule has 0 rings (SSSR count). The van der Waals surface area contributed by atoms with Crippen molar-refractivity contribution >= 4 is 7.82 Å². The minimum atomic E-state index is -4.85. The molecule has 4 nitrogen and oxygen atoms in total. The van der Waals surface area contributed by atoms with Crippen LogP contribution >= 0.6 is 7.82 Å². The molecular weight excluding hydrogens is 756 g/mol. The molecule has 0 N–H and O–H groups in total. The Morgan fingerprint density at radius 2 is 0.600 bits per heavy atom. The maximum Gasteiger partial charge on any atom is 0.0596 e. The molecule has 0 aromatic carbocycles. The summed E-state index contributed by atoms with van der Waals surface area (Å²) in [6.45, 7) is 26.8. The van der Waals surface area contributed by atoms with Gasteiger partial charge in [-0.3, -0.25) is 0 Å². The van der Waals surface area contributed by atoms with Gasteiger partial charge in [0, 0.05) is 0 Å². The molecule has 0 saturated heterocycles. The van der Waals surface area contributed by atoms with Crippen molar-refractivity contribution in [1.82, 2.24) is 0 Å². The molecule has 0 aliphatic rings. The first-order valence-corrected chi connectivity index (χ1v) is 25.0. The molecule has 60 heavy (non-hydrogen) atoms. The zero-order valence-electron chi connectivity index (χ0n) is 41.0. The third kappa shape index (κ3) is 39.6. The normalized spacial score (nSPS) is 15.3. The van der Waals surface area contributed by atoms with Crippen molar-refractivity contribution in [2.75, 3.05) is 6.61 Å². The van der Waals surface area contributed by atoms with E-state index < -0.39 is 7.82 Å². The number of hydrogen-bond acceptors (Lipinski definition) is 4. The molecule has 0 saturated carbocycles. The average Bonchev–Trinajstić information content (AvgIpc) is 3.14. The van der Waals surface area contributed by atoms with Gasteiger partial charge >= 0.3 is 0 Å². The molecule has 0 aromatic heterocycles. The highest BCUT2D eigenvalue weighted by Crippen LogP contribution is 2.26. The summed E-state index contributed by atoms with van der Waals surface area (Å²) in [5, 5.41) is 0. The molecule has 0 aromatic rings.